The molecule has 0 bridgehead atoms. The van der Waals surface area contributed by atoms with Crippen molar-refractivity contribution in [2.24, 2.45) is 0 Å². The minimum Gasteiger partial charge on any atom is -0.339 e. The molecule has 158 valence electrons. The van der Waals surface area contributed by atoms with Gasteiger partial charge in [0.2, 0.25) is 15.3 Å². The van der Waals surface area contributed by atoms with E-state index in [4.69, 9.17) is 0 Å². The van der Waals surface area contributed by atoms with Gasteiger partial charge in [0.1, 0.15) is 6.04 Å². The summed E-state index contributed by atoms with van der Waals surface area (Å²) in [6.45, 7) is 6.98. The average molecular weight is 436 g/mol. The Morgan fingerprint density at radius 3 is 2.03 bits per heavy atom. The Morgan fingerprint density at radius 1 is 1.00 bits per heavy atom. The van der Waals surface area contributed by atoms with Crippen LogP contribution >= 0.6 is 0 Å². The van der Waals surface area contributed by atoms with Crippen LogP contribution in [-0.4, -0.2) is 50.1 Å². The highest BCUT2D eigenvalue weighted by Gasteiger charge is 2.43. The first-order chi connectivity index (χ1) is 13.7. The molecule has 0 aromatic heterocycles. The Labute approximate surface area is 177 Å². The Hall–Kier alpha value is -1.83. The van der Waals surface area contributed by atoms with E-state index in [0.29, 0.717) is 13.1 Å². The number of carbonyl (C=O) groups is 1. The lowest BCUT2D eigenvalue weighted by Crippen LogP contribution is -2.50. The number of hydrogen-bond donors (Lipinski definition) is 1. The molecular formula is C22H31N2O3S2+. The summed E-state index contributed by atoms with van der Waals surface area (Å²) < 4.78 is 29.1. The highest BCUT2D eigenvalue weighted by molar-refractivity contribution is 7.97. The third-order valence-corrected chi connectivity index (χ3v) is 7.85. The van der Waals surface area contributed by atoms with Crippen LogP contribution in [0.25, 0.3) is 0 Å². The number of carbonyl (C=O) groups excluding carboxylic acids is 1. The van der Waals surface area contributed by atoms with Crippen molar-refractivity contribution in [1.82, 2.24) is 9.62 Å². The van der Waals surface area contributed by atoms with Gasteiger partial charge in [0.25, 0.3) is 5.91 Å². The van der Waals surface area contributed by atoms with Gasteiger partial charge in [-0.1, -0.05) is 48.0 Å². The van der Waals surface area contributed by atoms with Gasteiger partial charge in [0.05, 0.1) is 17.4 Å². The first-order valence-electron chi connectivity index (χ1n) is 9.70. The number of hydrogen-bond acceptors (Lipinski definition) is 3. The van der Waals surface area contributed by atoms with E-state index >= 15 is 0 Å². The molecule has 5 nitrogen and oxygen atoms in total. The van der Waals surface area contributed by atoms with E-state index in [-0.39, 0.29) is 21.7 Å². The van der Waals surface area contributed by atoms with Crippen molar-refractivity contribution in [2.45, 2.75) is 37.0 Å². The molecule has 2 rings (SSSR count). The van der Waals surface area contributed by atoms with Gasteiger partial charge in [0.15, 0.2) is 0 Å². The van der Waals surface area contributed by atoms with Crippen molar-refractivity contribution >= 4 is 26.8 Å². The Balaban J connectivity index is 2.51. The third kappa shape index (κ3) is 5.84. The minimum absolute atomic E-state index is 0.0243. The largest absolute Gasteiger partial charge is 0.339 e. The number of rotatable bonds is 9. The van der Waals surface area contributed by atoms with E-state index in [2.05, 4.69) is 4.72 Å². The zero-order valence-electron chi connectivity index (χ0n) is 17.8. The van der Waals surface area contributed by atoms with Crippen molar-refractivity contribution in [1.29, 1.82) is 0 Å². The van der Waals surface area contributed by atoms with Crippen LogP contribution in [0, 0.1) is 6.92 Å². The highest BCUT2D eigenvalue weighted by Crippen LogP contribution is 2.27. The van der Waals surface area contributed by atoms with Crippen LogP contribution in [0.4, 0.5) is 0 Å². The van der Waals surface area contributed by atoms with Crippen molar-refractivity contribution in [3.05, 3.63) is 65.7 Å². The number of sulfonamides is 1. The quantitative estimate of drug-likeness (QED) is 0.616. The van der Waals surface area contributed by atoms with E-state index in [1.54, 1.807) is 29.2 Å². The lowest BCUT2D eigenvalue weighted by molar-refractivity contribution is -0.130. The molecule has 0 heterocycles. The van der Waals surface area contributed by atoms with E-state index < -0.39 is 21.3 Å². The smallest absolute Gasteiger partial charge is 0.277 e. The van der Waals surface area contributed by atoms with Crippen LogP contribution in [0.2, 0.25) is 0 Å². The van der Waals surface area contributed by atoms with Crippen molar-refractivity contribution in [2.75, 3.05) is 25.6 Å². The summed E-state index contributed by atoms with van der Waals surface area (Å²) in [5.74, 6) is -0.0243. The molecule has 2 aromatic carbocycles. The first kappa shape index (κ1) is 23.4. The first-order valence-corrected chi connectivity index (χ1v) is 13.3. The van der Waals surface area contributed by atoms with Gasteiger partial charge in [-0.2, -0.15) is 4.72 Å². The van der Waals surface area contributed by atoms with E-state index in [0.717, 1.165) is 11.1 Å². The summed E-state index contributed by atoms with van der Waals surface area (Å²) in [6.07, 6.45) is 3.98. The maximum Gasteiger partial charge on any atom is 0.277 e. The molecule has 2 aromatic rings. The molecular weight excluding hydrogens is 404 g/mol. The zero-order chi connectivity index (χ0) is 21.6. The molecule has 0 fully saturated rings. The van der Waals surface area contributed by atoms with Gasteiger partial charge in [-0.25, -0.2) is 8.42 Å². The number of nitrogens with one attached hydrogen (secondary N) is 1. The summed E-state index contributed by atoms with van der Waals surface area (Å²) in [6, 6.07) is 15.5. The van der Waals surface area contributed by atoms with Crippen LogP contribution < -0.4 is 4.72 Å². The molecule has 0 radical (unpaired) electrons. The third-order valence-electron chi connectivity index (χ3n) is 4.90. The average Bonchev–Trinajstić information content (AvgIpc) is 2.69. The monoisotopic (exact) mass is 435 g/mol. The van der Waals surface area contributed by atoms with Gasteiger partial charge in [-0.05, 0) is 49.4 Å². The molecule has 1 N–H and O–H groups in total. The fourth-order valence-corrected chi connectivity index (χ4v) is 5.89. The zero-order valence-corrected chi connectivity index (χ0v) is 19.4. The predicted molar refractivity (Wildman–Crippen MR) is 122 cm³/mol. The van der Waals surface area contributed by atoms with Crippen LogP contribution in [-0.2, 0) is 25.7 Å². The maximum atomic E-state index is 13.3. The van der Waals surface area contributed by atoms with Crippen molar-refractivity contribution in [3.8, 4) is 0 Å². The molecule has 0 aliphatic rings. The Bertz CT molecular complexity index is 893. The molecule has 2 atom stereocenters. The lowest BCUT2D eigenvalue weighted by Gasteiger charge is -2.29. The summed E-state index contributed by atoms with van der Waals surface area (Å²) in [7, 11) is -4.14. The number of amides is 1. The second-order valence-electron chi connectivity index (χ2n) is 7.13. The summed E-state index contributed by atoms with van der Waals surface area (Å²) in [4.78, 5) is 15.3. The van der Waals surface area contributed by atoms with Gasteiger partial charge < -0.3 is 4.90 Å². The molecule has 7 heteroatoms. The fourth-order valence-electron chi connectivity index (χ4n) is 3.25. The van der Waals surface area contributed by atoms with Gasteiger partial charge in [-0.3, -0.25) is 4.79 Å². The number of benzene rings is 2. The van der Waals surface area contributed by atoms with Crippen LogP contribution in [0.3, 0.4) is 0 Å². The maximum absolute atomic E-state index is 13.3. The predicted octanol–water partition coefficient (Wildman–Crippen LogP) is 3.13. The summed E-state index contributed by atoms with van der Waals surface area (Å²) in [5.41, 5.74) is 1.77. The molecule has 1 amide bonds. The van der Waals surface area contributed by atoms with Crippen LogP contribution in [0.15, 0.2) is 59.5 Å². The molecule has 0 aliphatic heterocycles. The number of aryl methyl sites for hydroxylation is 1. The van der Waals surface area contributed by atoms with Gasteiger partial charge >= 0.3 is 0 Å². The molecule has 0 saturated carbocycles. The van der Waals surface area contributed by atoms with E-state index in [1.807, 2.05) is 63.6 Å². The van der Waals surface area contributed by atoms with Crippen molar-refractivity contribution < 1.29 is 13.2 Å². The fraction of sp³-hybridized carbons (Fsp3) is 0.409. The normalized spacial score (nSPS) is 13.9. The number of nitrogens with zero attached hydrogens (tertiary/aromatic N) is 1. The van der Waals surface area contributed by atoms with E-state index in [9.17, 15) is 13.2 Å². The summed E-state index contributed by atoms with van der Waals surface area (Å²) in [5, 5.41) is -0.488. The molecule has 0 saturated heterocycles. The molecule has 29 heavy (non-hydrogen) atoms. The highest BCUT2D eigenvalue weighted by atomic mass is 32.2. The molecule has 0 aliphatic carbocycles. The van der Waals surface area contributed by atoms with E-state index in [1.165, 1.54) is 0 Å². The molecule has 0 unspecified atom stereocenters. The topological polar surface area (TPSA) is 66.5 Å². The SMILES string of the molecule is CCN(CC)C(=O)[C@@H]([C@@H](NS(=O)(=O)c1ccc(C)cc1)c1ccccc1)[S+](C)C. The van der Waals surface area contributed by atoms with Crippen LogP contribution in [0.1, 0.15) is 31.0 Å². The van der Waals surface area contributed by atoms with Crippen molar-refractivity contribution in [3.63, 3.8) is 0 Å². The Kier molecular flexibility index (Phi) is 8.31. The lowest BCUT2D eigenvalue weighted by atomic mass is 10.0. The Morgan fingerprint density at radius 2 is 1.55 bits per heavy atom. The standard InChI is InChI=1S/C22H31N2O3S2/c1-6-24(7-2)22(25)21(28(4)5)20(18-11-9-8-10-12-18)23-29(26,27)19-15-13-17(3)14-16-19/h8-16,20-21,23H,6-7H2,1-5H3/q+1/t20-,21+/m0/s1. The molecule has 0 spiro atoms. The summed E-state index contributed by atoms with van der Waals surface area (Å²) >= 11 is 0. The van der Waals surface area contributed by atoms with Gasteiger partial charge in [0, 0.05) is 13.1 Å². The second-order valence-corrected chi connectivity index (χ2v) is 11.1. The van der Waals surface area contributed by atoms with Crippen LogP contribution in [0.5, 0.6) is 0 Å². The minimum atomic E-state index is -3.79. The van der Waals surface area contributed by atoms with Gasteiger partial charge in [-0.15, -0.1) is 0 Å². The second kappa shape index (κ2) is 10.3.